The summed E-state index contributed by atoms with van der Waals surface area (Å²) in [7, 11) is -3.33. The standard InChI is InChI=1S/C22H22N2O3S3/c1-5-12-24-19-11-8-17(28-4)14-20(19)29-22(24)23-21(25)13-16-6-9-18(10-7-16)30(26,27)15(2)3/h1,6-11,14-15H,12-13H2,2-4H3. The van der Waals surface area contributed by atoms with Gasteiger partial charge in [-0.25, -0.2) is 8.42 Å². The second-order valence-corrected chi connectivity index (χ2v) is 11.3. The van der Waals surface area contributed by atoms with E-state index in [1.165, 1.54) is 11.3 Å². The van der Waals surface area contributed by atoms with Crippen LogP contribution < -0.4 is 4.80 Å². The van der Waals surface area contributed by atoms with Crippen LogP contribution in [0.15, 0.2) is 57.2 Å². The summed E-state index contributed by atoms with van der Waals surface area (Å²) < 4.78 is 27.3. The fourth-order valence-corrected chi connectivity index (χ4v) is 5.56. The molecule has 156 valence electrons. The quantitative estimate of drug-likeness (QED) is 0.415. The summed E-state index contributed by atoms with van der Waals surface area (Å²) >= 11 is 3.08. The summed E-state index contributed by atoms with van der Waals surface area (Å²) in [6, 6.07) is 12.5. The van der Waals surface area contributed by atoms with Gasteiger partial charge in [-0.3, -0.25) is 4.79 Å². The van der Waals surface area contributed by atoms with Crippen LogP contribution in [0.3, 0.4) is 0 Å². The van der Waals surface area contributed by atoms with Crippen molar-refractivity contribution < 1.29 is 13.2 Å². The van der Waals surface area contributed by atoms with E-state index in [-0.39, 0.29) is 17.2 Å². The van der Waals surface area contributed by atoms with Crippen molar-refractivity contribution in [2.45, 2.75) is 41.9 Å². The lowest BCUT2D eigenvalue weighted by Crippen LogP contribution is -2.17. The minimum atomic E-state index is -3.33. The van der Waals surface area contributed by atoms with Crippen molar-refractivity contribution in [1.29, 1.82) is 0 Å². The van der Waals surface area contributed by atoms with Gasteiger partial charge in [0.05, 0.1) is 33.3 Å². The van der Waals surface area contributed by atoms with E-state index in [1.807, 2.05) is 23.0 Å². The van der Waals surface area contributed by atoms with E-state index in [9.17, 15) is 13.2 Å². The molecule has 0 fully saturated rings. The summed E-state index contributed by atoms with van der Waals surface area (Å²) in [5.74, 6) is 2.31. The van der Waals surface area contributed by atoms with Crippen molar-refractivity contribution in [3.05, 3.63) is 52.8 Å². The van der Waals surface area contributed by atoms with Gasteiger partial charge in [0.25, 0.3) is 5.91 Å². The van der Waals surface area contributed by atoms with Crippen LogP contribution in [0.2, 0.25) is 0 Å². The first-order chi connectivity index (χ1) is 14.3. The lowest BCUT2D eigenvalue weighted by molar-refractivity contribution is -0.117. The fourth-order valence-electron chi connectivity index (χ4n) is 2.90. The molecule has 0 saturated carbocycles. The first-order valence-corrected chi connectivity index (χ1v) is 12.9. The Morgan fingerprint density at radius 2 is 1.93 bits per heavy atom. The highest BCUT2D eigenvalue weighted by atomic mass is 32.2. The highest BCUT2D eigenvalue weighted by molar-refractivity contribution is 7.98. The van der Waals surface area contributed by atoms with Crippen LogP contribution in [0.4, 0.5) is 0 Å². The van der Waals surface area contributed by atoms with Gasteiger partial charge in [0.1, 0.15) is 0 Å². The summed E-state index contributed by atoms with van der Waals surface area (Å²) in [6.07, 6.45) is 7.61. The van der Waals surface area contributed by atoms with Gasteiger partial charge in [-0.15, -0.1) is 18.2 Å². The van der Waals surface area contributed by atoms with Gasteiger partial charge in [0, 0.05) is 4.90 Å². The summed E-state index contributed by atoms with van der Waals surface area (Å²) in [4.78, 5) is 18.8. The number of amides is 1. The topological polar surface area (TPSA) is 68.5 Å². The van der Waals surface area contributed by atoms with Crippen molar-refractivity contribution in [1.82, 2.24) is 4.57 Å². The number of aromatic nitrogens is 1. The summed E-state index contributed by atoms with van der Waals surface area (Å²) in [5, 5.41) is -0.494. The molecule has 0 radical (unpaired) electrons. The van der Waals surface area contributed by atoms with Crippen LogP contribution in [-0.4, -0.2) is 30.4 Å². The van der Waals surface area contributed by atoms with Gasteiger partial charge in [0.2, 0.25) is 0 Å². The van der Waals surface area contributed by atoms with Crippen LogP contribution in [0.1, 0.15) is 19.4 Å². The zero-order chi connectivity index (χ0) is 21.9. The van der Waals surface area contributed by atoms with E-state index in [1.54, 1.807) is 49.9 Å². The predicted molar refractivity (Wildman–Crippen MR) is 123 cm³/mol. The summed E-state index contributed by atoms with van der Waals surface area (Å²) in [6.45, 7) is 3.61. The Hall–Kier alpha value is -2.34. The molecular weight excluding hydrogens is 436 g/mol. The predicted octanol–water partition coefficient (Wildman–Crippen LogP) is 3.91. The molecule has 0 spiro atoms. The molecule has 0 N–H and O–H groups in total. The maximum absolute atomic E-state index is 12.6. The molecule has 1 aromatic heterocycles. The molecule has 0 aliphatic carbocycles. The second kappa shape index (κ2) is 9.21. The van der Waals surface area contributed by atoms with E-state index in [4.69, 9.17) is 6.42 Å². The highest BCUT2D eigenvalue weighted by Gasteiger charge is 2.19. The number of benzene rings is 2. The number of hydrogen-bond donors (Lipinski definition) is 0. The monoisotopic (exact) mass is 458 g/mol. The average molecular weight is 459 g/mol. The lowest BCUT2D eigenvalue weighted by atomic mass is 10.1. The van der Waals surface area contributed by atoms with Gasteiger partial charge in [-0.2, -0.15) is 4.99 Å². The Morgan fingerprint density at radius 1 is 1.23 bits per heavy atom. The molecule has 5 nitrogen and oxygen atoms in total. The number of carbonyl (C=O) groups excluding carboxylic acids is 1. The molecule has 3 aromatic rings. The number of thiazole rings is 1. The largest absolute Gasteiger partial charge is 0.305 e. The molecule has 3 rings (SSSR count). The van der Waals surface area contributed by atoms with Crippen LogP contribution in [-0.2, 0) is 27.6 Å². The summed E-state index contributed by atoms with van der Waals surface area (Å²) in [5.41, 5.74) is 1.66. The number of hydrogen-bond acceptors (Lipinski definition) is 5. The third-order valence-electron chi connectivity index (χ3n) is 4.59. The van der Waals surface area contributed by atoms with Gasteiger partial charge in [-0.1, -0.05) is 29.4 Å². The fraction of sp³-hybridized carbons (Fsp3) is 0.273. The smallest absolute Gasteiger partial charge is 0.252 e. The Kier molecular flexibility index (Phi) is 6.86. The molecule has 0 unspecified atom stereocenters. The van der Waals surface area contributed by atoms with Gasteiger partial charge in [-0.05, 0) is 56.0 Å². The molecule has 0 aliphatic heterocycles. The molecule has 8 heteroatoms. The van der Waals surface area contributed by atoms with Crippen LogP contribution in [0, 0.1) is 12.3 Å². The zero-order valence-electron chi connectivity index (χ0n) is 17.0. The molecule has 0 atom stereocenters. The van der Waals surface area contributed by atoms with Gasteiger partial charge >= 0.3 is 0 Å². The zero-order valence-corrected chi connectivity index (χ0v) is 19.4. The van der Waals surface area contributed by atoms with Crippen LogP contribution in [0.5, 0.6) is 0 Å². The van der Waals surface area contributed by atoms with E-state index in [2.05, 4.69) is 17.0 Å². The van der Waals surface area contributed by atoms with Gasteiger partial charge in [0.15, 0.2) is 14.6 Å². The van der Waals surface area contributed by atoms with E-state index in [0.29, 0.717) is 16.9 Å². The van der Waals surface area contributed by atoms with E-state index < -0.39 is 15.1 Å². The number of rotatable bonds is 6. The van der Waals surface area contributed by atoms with Crippen molar-refractivity contribution >= 4 is 49.1 Å². The Labute approximate surface area is 184 Å². The number of nitrogens with zero attached hydrogens (tertiary/aromatic N) is 2. The lowest BCUT2D eigenvalue weighted by Gasteiger charge is -2.08. The molecule has 1 amide bonds. The average Bonchev–Trinajstić information content (AvgIpc) is 3.04. The molecule has 2 aromatic carbocycles. The maximum atomic E-state index is 12.6. The van der Waals surface area contributed by atoms with Crippen molar-refractivity contribution in [3.8, 4) is 12.3 Å². The Bertz CT molecular complexity index is 1290. The minimum Gasteiger partial charge on any atom is -0.305 e. The number of fused-ring (bicyclic) bond motifs is 1. The first kappa shape index (κ1) is 22.3. The number of carbonyl (C=O) groups is 1. The molecule has 0 saturated heterocycles. The van der Waals surface area contributed by atoms with E-state index >= 15 is 0 Å². The van der Waals surface area contributed by atoms with Crippen molar-refractivity contribution in [2.75, 3.05) is 6.26 Å². The SMILES string of the molecule is C#CCn1c(=NC(=O)Cc2ccc(S(=O)(=O)C(C)C)cc2)sc2cc(SC)ccc21. The third kappa shape index (κ3) is 4.69. The van der Waals surface area contributed by atoms with Gasteiger partial charge < -0.3 is 4.57 Å². The number of sulfone groups is 1. The third-order valence-corrected chi connectivity index (χ3v) is 8.52. The molecular formula is C22H22N2O3S3. The Balaban J connectivity index is 1.90. The first-order valence-electron chi connectivity index (χ1n) is 9.27. The van der Waals surface area contributed by atoms with Crippen LogP contribution >= 0.6 is 23.1 Å². The normalized spacial score (nSPS) is 12.4. The van der Waals surface area contributed by atoms with Crippen molar-refractivity contribution in [2.24, 2.45) is 4.99 Å². The molecule has 1 heterocycles. The highest BCUT2D eigenvalue weighted by Crippen LogP contribution is 2.24. The van der Waals surface area contributed by atoms with E-state index in [0.717, 1.165) is 15.1 Å². The Morgan fingerprint density at radius 3 is 2.53 bits per heavy atom. The molecule has 0 aliphatic rings. The molecule has 0 bridgehead atoms. The number of terminal acetylenes is 1. The van der Waals surface area contributed by atoms with Crippen molar-refractivity contribution in [3.63, 3.8) is 0 Å². The second-order valence-electron chi connectivity index (χ2n) is 6.93. The maximum Gasteiger partial charge on any atom is 0.252 e. The molecule has 30 heavy (non-hydrogen) atoms. The van der Waals surface area contributed by atoms with Crippen LogP contribution in [0.25, 0.3) is 10.2 Å². The minimum absolute atomic E-state index is 0.0857. The number of thioether (sulfide) groups is 1.